The maximum atomic E-state index is 5.97. The smallest absolute Gasteiger partial charge is 0.119 e. The van der Waals surface area contributed by atoms with Crippen molar-refractivity contribution in [3.05, 3.63) is 65.0 Å². The molecule has 0 aliphatic rings. The normalized spacial score (nSPS) is 12.4. The molecule has 0 spiro atoms. The number of fused-ring (bicyclic) bond motifs is 1. The van der Waals surface area contributed by atoms with Gasteiger partial charge in [-0.25, -0.2) is 0 Å². The first kappa shape index (κ1) is 16.0. The molecule has 3 rings (SSSR count). The van der Waals surface area contributed by atoms with Gasteiger partial charge in [0.2, 0.25) is 0 Å². The van der Waals surface area contributed by atoms with E-state index in [1.165, 1.54) is 21.2 Å². The van der Waals surface area contributed by atoms with E-state index in [0.717, 1.165) is 18.7 Å². The van der Waals surface area contributed by atoms with E-state index in [-0.39, 0.29) is 6.04 Å². The number of hydrogen-bond donors (Lipinski definition) is 2. The van der Waals surface area contributed by atoms with E-state index in [1.807, 2.05) is 12.1 Å². The zero-order chi connectivity index (χ0) is 16.1. The Kier molecular flexibility index (Phi) is 5.28. The summed E-state index contributed by atoms with van der Waals surface area (Å²) in [6, 6.07) is 16.9. The van der Waals surface area contributed by atoms with Gasteiger partial charge in [0, 0.05) is 23.8 Å². The van der Waals surface area contributed by atoms with Crippen molar-refractivity contribution in [3.8, 4) is 5.75 Å². The van der Waals surface area contributed by atoms with Crippen molar-refractivity contribution in [1.29, 1.82) is 0 Å². The fourth-order valence-electron chi connectivity index (χ4n) is 2.74. The number of nitrogens with one attached hydrogen (secondary N) is 1. The van der Waals surface area contributed by atoms with Crippen LogP contribution in [0.4, 0.5) is 0 Å². The molecule has 3 N–H and O–H groups in total. The third kappa shape index (κ3) is 3.91. The summed E-state index contributed by atoms with van der Waals surface area (Å²) in [4.78, 5) is 0. The number of thiophene rings is 1. The maximum Gasteiger partial charge on any atom is 0.119 e. The standard InChI is InChI=1S/C19H22N2OS/c1-22-17-6-4-5-14(9-17)12-21-16(11-20)10-15-13-23-19-8-3-2-7-18(15)19/h2-9,13,16,21H,10-12,20H2,1H3. The van der Waals surface area contributed by atoms with Crippen LogP contribution in [0, 0.1) is 0 Å². The number of methoxy groups -OCH3 is 1. The van der Waals surface area contributed by atoms with Crippen molar-refractivity contribution in [2.24, 2.45) is 5.73 Å². The van der Waals surface area contributed by atoms with Crippen molar-refractivity contribution < 1.29 is 4.74 Å². The molecule has 0 amide bonds. The fourth-order valence-corrected chi connectivity index (χ4v) is 3.72. The second kappa shape index (κ2) is 7.59. The first-order valence-electron chi connectivity index (χ1n) is 7.81. The summed E-state index contributed by atoms with van der Waals surface area (Å²) in [7, 11) is 1.69. The van der Waals surface area contributed by atoms with Gasteiger partial charge in [0.25, 0.3) is 0 Å². The average Bonchev–Trinajstić information content (AvgIpc) is 3.01. The molecule has 0 saturated heterocycles. The molecule has 1 aromatic heterocycles. The molecule has 1 heterocycles. The lowest BCUT2D eigenvalue weighted by atomic mass is 10.0. The molecule has 0 bridgehead atoms. The number of nitrogens with two attached hydrogens (primary N) is 1. The highest BCUT2D eigenvalue weighted by Crippen LogP contribution is 2.26. The van der Waals surface area contributed by atoms with Crippen LogP contribution < -0.4 is 15.8 Å². The second-order valence-electron chi connectivity index (χ2n) is 5.63. The summed E-state index contributed by atoms with van der Waals surface area (Å²) in [6.45, 7) is 1.41. The average molecular weight is 326 g/mol. The predicted molar refractivity (Wildman–Crippen MR) is 98.2 cm³/mol. The van der Waals surface area contributed by atoms with Crippen LogP contribution in [0.15, 0.2) is 53.9 Å². The maximum absolute atomic E-state index is 5.97. The Hall–Kier alpha value is -1.88. The van der Waals surface area contributed by atoms with Crippen LogP contribution in [0.25, 0.3) is 10.1 Å². The number of benzene rings is 2. The van der Waals surface area contributed by atoms with E-state index in [9.17, 15) is 0 Å². The van der Waals surface area contributed by atoms with Gasteiger partial charge in [0.15, 0.2) is 0 Å². The molecule has 2 aromatic carbocycles. The number of ether oxygens (including phenoxy) is 1. The summed E-state index contributed by atoms with van der Waals surface area (Å²) >= 11 is 1.80. The van der Waals surface area contributed by atoms with Crippen molar-refractivity contribution in [1.82, 2.24) is 5.32 Å². The third-order valence-corrected chi connectivity index (χ3v) is 5.05. The minimum absolute atomic E-state index is 0.263. The van der Waals surface area contributed by atoms with Gasteiger partial charge in [-0.15, -0.1) is 11.3 Å². The van der Waals surface area contributed by atoms with Crippen LogP contribution in [-0.2, 0) is 13.0 Å². The molecule has 0 fully saturated rings. The summed E-state index contributed by atoms with van der Waals surface area (Å²) < 4.78 is 6.61. The van der Waals surface area contributed by atoms with Crippen molar-refractivity contribution in [3.63, 3.8) is 0 Å². The Bertz CT molecular complexity index is 769. The van der Waals surface area contributed by atoms with Crippen molar-refractivity contribution in [2.45, 2.75) is 19.0 Å². The van der Waals surface area contributed by atoms with Crippen LogP contribution in [0.5, 0.6) is 5.75 Å². The van der Waals surface area contributed by atoms with Gasteiger partial charge in [-0.3, -0.25) is 0 Å². The second-order valence-corrected chi connectivity index (χ2v) is 6.54. The monoisotopic (exact) mass is 326 g/mol. The molecular weight excluding hydrogens is 304 g/mol. The van der Waals surface area contributed by atoms with E-state index in [0.29, 0.717) is 6.54 Å². The molecule has 1 atom stereocenters. The van der Waals surface area contributed by atoms with Gasteiger partial charge < -0.3 is 15.8 Å². The molecule has 3 nitrogen and oxygen atoms in total. The third-order valence-electron chi connectivity index (χ3n) is 4.04. The molecule has 3 aromatic rings. The number of rotatable bonds is 7. The molecular formula is C19H22N2OS. The minimum atomic E-state index is 0.263. The van der Waals surface area contributed by atoms with E-state index in [2.05, 4.69) is 47.1 Å². The SMILES string of the molecule is COc1cccc(CNC(CN)Cc2csc3ccccc23)c1. The van der Waals surface area contributed by atoms with Gasteiger partial charge in [0.1, 0.15) is 5.75 Å². The topological polar surface area (TPSA) is 47.3 Å². The highest BCUT2D eigenvalue weighted by atomic mass is 32.1. The molecule has 0 saturated carbocycles. The largest absolute Gasteiger partial charge is 0.497 e. The van der Waals surface area contributed by atoms with Crippen LogP contribution in [-0.4, -0.2) is 19.7 Å². The Balaban J connectivity index is 1.66. The molecule has 23 heavy (non-hydrogen) atoms. The lowest BCUT2D eigenvalue weighted by molar-refractivity contribution is 0.413. The predicted octanol–water partition coefficient (Wildman–Crippen LogP) is 3.57. The fraction of sp³-hybridized carbons (Fsp3) is 0.263. The summed E-state index contributed by atoms with van der Waals surface area (Å²) in [5.74, 6) is 0.887. The zero-order valence-corrected chi connectivity index (χ0v) is 14.1. The van der Waals surface area contributed by atoms with Gasteiger partial charge in [-0.1, -0.05) is 30.3 Å². The summed E-state index contributed by atoms with van der Waals surface area (Å²) in [5.41, 5.74) is 8.55. The molecule has 0 aliphatic carbocycles. The van der Waals surface area contributed by atoms with E-state index in [1.54, 1.807) is 18.4 Å². The van der Waals surface area contributed by atoms with Gasteiger partial charge in [0.05, 0.1) is 7.11 Å². The Morgan fingerprint density at radius 1 is 1.17 bits per heavy atom. The molecule has 4 heteroatoms. The van der Waals surface area contributed by atoms with Gasteiger partial charge in [-0.05, 0) is 46.5 Å². The van der Waals surface area contributed by atoms with Gasteiger partial charge >= 0.3 is 0 Å². The minimum Gasteiger partial charge on any atom is -0.497 e. The quantitative estimate of drug-likeness (QED) is 0.698. The van der Waals surface area contributed by atoms with Crippen LogP contribution in [0.2, 0.25) is 0 Å². The summed E-state index contributed by atoms with van der Waals surface area (Å²) in [5, 5.41) is 7.16. The van der Waals surface area contributed by atoms with E-state index < -0.39 is 0 Å². The van der Waals surface area contributed by atoms with Crippen molar-refractivity contribution >= 4 is 21.4 Å². The number of hydrogen-bond acceptors (Lipinski definition) is 4. The van der Waals surface area contributed by atoms with Crippen LogP contribution in [0.3, 0.4) is 0 Å². The van der Waals surface area contributed by atoms with Gasteiger partial charge in [-0.2, -0.15) is 0 Å². The van der Waals surface area contributed by atoms with E-state index in [4.69, 9.17) is 10.5 Å². The Morgan fingerprint density at radius 2 is 2.04 bits per heavy atom. The van der Waals surface area contributed by atoms with Crippen molar-refractivity contribution in [2.75, 3.05) is 13.7 Å². The van der Waals surface area contributed by atoms with Crippen LogP contribution >= 0.6 is 11.3 Å². The highest BCUT2D eigenvalue weighted by molar-refractivity contribution is 7.17. The van der Waals surface area contributed by atoms with Crippen LogP contribution in [0.1, 0.15) is 11.1 Å². The summed E-state index contributed by atoms with van der Waals surface area (Å²) in [6.07, 6.45) is 0.949. The Labute approximate surface area is 141 Å². The zero-order valence-electron chi connectivity index (χ0n) is 13.3. The lowest BCUT2D eigenvalue weighted by Gasteiger charge is -2.17. The molecule has 0 aliphatic heterocycles. The van der Waals surface area contributed by atoms with E-state index >= 15 is 0 Å². The molecule has 1 unspecified atom stereocenters. The lowest BCUT2D eigenvalue weighted by Crippen LogP contribution is -2.37. The Morgan fingerprint density at radius 3 is 2.87 bits per heavy atom. The molecule has 0 radical (unpaired) electrons. The first-order valence-corrected chi connectivity index (χ1v) is 8.69. The molecule has 120 valence electrons. The highest BCUT2D eigenvalue weighted by Gasteiger charge is 2.11. The first-order chi connectivity index (χ1) is 11.3.